The zero-order chi connectivity index (χ0) is 22.7. The van der Waals surface area contributed by atoms with Crippen molar-refractivity contribution in [1.82, 2.24) is 19.6 Å². The first-order valence-electron chi connectivity index (χ1n) is 10.8. The van der Waals surface area contributed by atoms with E-state index in [0.29, 0.717) is 16.8 Å². The fourth-order valence-corrected chi connectivity index (χ4v) is 6.40. The van der Waals surface area contributed by atoms with E-state index in [4.69, 9.17) is 39.7 Å². The Hall–Kier alpha value is -1.68. The number of ether oxygens (including phenoxy) is 1. The van der Waals surface area contributed by atoms with Gasteiger partial charge in [-0.3, -0.25) is 0 Å². The van der Waals surface area contributed by atoms with Gasteiger partial charge in [-0.15, -0.1) is 12.6 Å². The van der Waals surface area contributed by atoms with Crippen LogP contribution in [0.25, 0.3) is 5.52 Å². The van der Waals surface area contributed by atoms with Crippen LogP contribution in [0.3, 0.4) is 0 Å². The van der Waals surface area contributed by atoms with Crippen LogP contribution < -0.4 is 10.6 Å². The molecule has 3 aromatic heterocycles. The summed E-state index contributed by atoms with van der Waals surface area (Å²) in [6, 6.07) is 3.88. The minimum absolute atomic E-state index is 0.187. The third-order valence-electron chi connectivity index (χ3n) is 7.17. The monoisotopic (exact) mass is 490 g/mol. The van der Waals surface area contributed by atoms with Crippen LogP contribution in [0.5, 0.6) is 0 Å². The number of nitrogens with two attached hydrogens (primary N) is 1. The zero-order valence-electron chi connectivity index (χ0n) is 18.4. The number of anilines is 2. The third-order valence-corrected chi connectivity index (χ3v) is 9.41. The number of hydrogen-bond acceptors (Lipinski definition) is 8. The molecule has 32 heavy (non-hydrogen) atoms. The van der Waals surface area contributed by atoms with Crippen molar-refractivity contribution in [3.8, 4) is 0 Å². The van der Waals surface area contributed by atoms with E-state index in [-0.39, 0.29) is 10.3 Å². The highest BCUT2D eigenvalue weighted by atomic mass is 35.5. The third kappa shape index (κ3) is 3.54. The lowest BCUT2D eigenvalue weighted by Crippen LogP contribution is -2.45. The summed E-state index contributed by atoms with van der Waals surface area (Å²) in [6.45, 7) is 9.02. The van der Waals surface area contributed by atoms with Gasteiger partial charge in [0.1, 0.15) is 21.3 Å². The van der Waals surface area contributed by atoms with E-state index >= 15 is 0 Å². The first-order valence-corrected chi connectivity index (χ1v) is 12.4. The van der Waals surface area contributed by atoms with Gasteiger partial charge in [-0.1, -0.05) is 30.3 Å². The summed E-state index contributed by atoms with van der Waals surface area (Å²) in [5.74, 6) is 1.70. The van der Waals surface area contributed by atoms with E-state index in [1.807, 2.05) is 29.8 Å². The maximum absolute atomic E-state index is 6.38. The number of nitrogen functional groups attached to an aromatic ring is 1. The van der Waals surface area contributed by atoms with Gasteiger partial charge in [0.05, 0.1) is 23.5 Å². The van der Waals surface area contributed by atoms with Gasteiger partial charge in [-0.05, 0) is 38.8 Å². The maximum atomic E-state index is 6.38. The summed E-state index contributed by atoms with van der Waals surface area (Å²) in [5.41, 5.74) is 7.96. The van der Waals surface area contributed by atoms with Crippen molar-refractivity contribution in [3.63, 3.8) is 0 Å². The highest BCUT2D eigenvalue weighted by molar-refractivity contribution is 7.99. The van der Waals surface area contributed by atoms with Crippen LogP contribution >= 0.6 is 36.0 Å². The van der Waals surface area contributed by atoms with Gasteiger partial charge in [0, 0.05) is 35.5 Å². The molecular formula is C22H27ClN6OS2. The minimum Gasteiger partial charge on any atom is -0.382 e. The quantitative estimate of drug-likeness (QED) is 0.514. The number of thiol groups is 1. The fraction of sp³-hybridized carbons (Fsp3) is 0.500. The number of piperidine rings is 1. The van der Waals surface area contributed by atoms with Crippen molar-refractivity contribution in [2.24, 2.45) is 11.3 Å². The standard InChI is InChI=1S/C22H27ClN6OS2/c1-13-20(32-16-5-8-25-18(24)17(16)23)29-15(4-9-26-29)19(27-13)28-10-6-22(7-11-28)12-30-21(3,31)14(22)2/h4-5,8-9,14,31H,6-7,10-12H2,1-3H3,(H2,24,25)/t14-,21?/m1/s1. The van der Waals surface area contributed by atoms with Crippen LogP contribution in [0.15, 0.2) is 34.4 Å². The average molecular weight is 491 g/mol. The summed E-state index contributed by atoms with van der Waals surface area (Å²) in [4.78, 5) is 11.9. The molecule has 2 aliphatic heterocycles. The van der Waals surface area contributed by atoms with Gasteiger partial charge in [0.2, 0.25) is 0 Å². The summed E-state index contributed by atoms with van der Waals surface area (Å²) in [7, 11) is 0. The van der Waals surface area contributed by atoms with Crippen molar-refractivity contribution in [3.05, 3.63) is 35.2 Å². The van der Waals surface area contributed by atoms with Crippen molar-refractivity contribution in [1.29, 1.82) is 0 Å². The molecule has 0 saturated carbocycles. The van der Waals surface area contributed by atoms with Gasteiger partial charge in [-0.25, -0.2) is 14.5 Å². The predicted octanol–water partition coefficient (Wildman–Crippen LogP) is 4.72. The number of aromatic nitrogens is 4. The molecule has 2 saturated heterocycles. The number of halogens is 1. The molecule has 5 heterocycles. The molecule has 2 aliphatic rings. The Morgan fingerprint density at radius 2 is 2.03 bits per heavy atom. The van der Waals surface area contributed by atoms with Crippen molar-refractivity contribution in [2.75, 3.05) is 30.3 Å². The Balaban J connectivity index is 1.44. The Bertz CT molecular complexity index is 1170. The molecule has 0 aliphatic carbocycles. The van der Waals surface area contributed by atoms with Crippen LogP contribution in [0.1, 0.15) is 32.4 Å². The maximum Gasteiger partial charge on any atom is 0.155 e. The van der Waals surface area contributed by atoms with Crippen LogP contribution in [0, 0.1) is 18.3 Å². The summed E-state index contributed by atoms with van der Waals surface area (Å²) in [6.07, 6.45) is 5.60. The number of hydrogen-bond donors (Lipinski definition) is 2. The van der Waals surface area contributed by atoms with Gasteiger partial charge in [0.25, 0.3) is 0 Å². The average Bonchev–Trinajstić information content (AvgIpc) is 3.34. The van der Waals surface area contributed by atoms with Gasteiger partial charge in [0.15, 0.2) is 5.82 Å². The van der Waals surface area contributed by atoms with Crippen LogP contribution in [0.4, 0.5) is 11.6 Å². The van der Waals surface area contributed by atoms with Gasteiger partial charge >= 0.3 is 0 Å². The largest absolute Gasteiger partial charge is 0.382 e. The van der Waals surface area contributed by atoms with E-state index in [1.165, 1.54) is 11.8 Å². The molecule has 3 aromatic rings. The Labute approximate surface area is 202 Å². The van der Waals surface area contributed by atoms with E-state index in [9.17, 15) is 0 Å². The van der Waals surface area contributed by atoms with Crippen molar-refractivity contribution < 1.29 is 4.74 Å². The Morgan fingerprint density at radius 1 is 1.28 bits per heavy atom. The van der Waals surface area contributed by atoms with E-state index < -0.39 is 0 Å². The van der Waals surface area contributed by atoms with Crippen LogP contribution in [-0.4, -0.2) is 44.2 Å². The topological polar surface area (TPSA) is 81.6 Å². The molecule has 1 unspecified atom stereocenters. The number of pyridine rings is 1. The van der Waals surface area contributed by atoms with Crippen molar-refractivity contribution >= 4 is 53.1 Å². The van der Waals surface area contributed by atoms with Gasteiger partial charge in [-0.2, -0.15) is 5.10 Å². The van der Waals surface area contributed by atoms with Crippen LogP contribution in [0.2, 0.25) is 5.02 Å². The smallest absolute Gasteiger partial charge is 0.155 e. The summed E-state index contributed by atoms with van der Waals surface area (Å²) >= 11 is 12.6. The first kappa shape index (κ1) is 22.1. The number of nitrogens with zero attached hydrogens (tertiary/aromatic N) is 5. The molecule has 2 atom stereocenters. The molecule has 7 nitrogen and oxygen atoms in total. The summed E-state index contributed by atoms with van der Waals surface area (Å²) < 4.78 is 7.99. The van der Waals surface area contributed by atoms with Crippen LogP contribution in [-0.2, 0) is 4.74 Å². The molecule has 2 fully saturated rings. The minimum atomic E-state index is -0.355. The highest BCUT2D eigenvalue weighted by Crippen LogP contribution is 2.52. The molecule has 0 amide bonds. The normalized spacial score (nSPS) is 25.2. The zero-order valence-corrected chi connectivity index (χ0v) is 20.8. The van der Waals surface area contributed by atoms with E-state index in [0.717, 1.165) is 59.5 Å². The highest BCUT2D eigenvalue weighted by Gasteiger charge is 2.53. The second kappa shape index (κ2) is 7.97. The molecule has 5 rings (SSSR count). The Kier molecular flexibility index (Phi) is 5.51. The van der Waals surface area contributed by atoms with Gasteiger partial charge < -0.3 is 15.4 Å². The molecule has 10 heteroatoms. The lowest BCUT2D eigenvalue weighted by molar-refractivity contribution is 0.0756. The molecule has 170 valence electrons. The lowest BCUT2D eigenvalue weighted by atomic mass is 9.70. The molecule has 1 spiro atoms. The second-order valence-corrected chi connectivity index (χ2v) is 11.3. The lowest BCUT2D eigenvalue weighted by Gasteiger charge is -2.43. The SMILES string of the molecule is Cc1nc(N2CCC3(CC2)COC(C)(S)[C@H]3C)c2ccnn2c1Sc1ccnc(N)c1Cl. The van der Waals surface area contributed by atoms with E-state index in [2.05, 4.69) is 28.8 Å². The molecular weight excluding hydrogens is 464 g/mol. The second-order valence-electron chi connectivity index (χ2n) is 8.98. The number of fused-ring (bicyclic) bond motifs is 1. The van der Waals surface area contributed by atoms with E-state index in [1.54, 1.807) is 6.20 Å². The predicted molar refractivity (Wildman–Crippen MR) is 132 cm³/mol. The van der Waals surface area contributed by atoms with Crippen molar-refractivity contribution in [2.45, 2.75) is 48.5 Å². The molecule has 0 radical (unpaired) electrons. The number of rotatable bonds is 3. The molecule has 0 aromatic carbocycles. The fourth-order valence-electron chi connectivity index (χ4n) is 4.87. The first-order chi connectivity index (χ1) is 15.2. The summed E-state index contributed by atoms with van der Waals surface area (Å²) in [5, 5.41) is 5.96. The Morgan fingerprint density at radius 3 is 2.72 bits per heavy atom. The molecule has 2 N–H and O–H groups in total. The number of aryl methyl sites for hydroxylation is 1. The molecule has 0 bridgehead atoms.